The fourth-order valence-electron chi connectivity index (χ4n) is 3.22. The van der Waals surface area contributed by atoms with Gasteiger partial charge in [-0.25, -0.2) is 0 Å². The lowest BCUT2D eigenvalue weighted by Gasteiger charge is -2.32. The number of carbonyl (C=O) groups is 1. The van der Waals surface area contributed by atoms with Gasteiger partial charge in [0.25, 0.3) is 0 Å². The monoisotopic (exact) mass is 318 g/mol. The highest BCUT2D eigenvalue weighted by atomic mass is 32.2. The lowest BCUT2D eigenvalue weighted by atomic mass is 10.1. The maximum atomic E-state index is 12.1. The molecule has 0 radical (unpaired) electrons. The van der Waals surface area contributed by atoms with Crippen LogP contribution in [0.4, 0.5) is 0 Å². The van der Waals surface area contributed by atoms with Gasteiger partial charge in [-0.15, -0.1) is 11.8 Å². The van der Waals surface area contributed by atoms with E-state index in [1.165, 1.54) is 28.9 Å². The van der Waals surface area contributed by atoms with Gasteiger partial charge in [-0.3, -0.25) is 4.79 Å². The first kappa shape index (κ1) is 15.9. The largest absolute Gasteiger partial charge is 0.353 e. The highest BCUT2D eigenvalue weighted by Crippen LogP contribution is 2.29. The van der Waals surface area contributed by atoms with Gasteiger partial charge in [0.05, 0.1) is 5.75 Å². The van der Waals surface area contributed by atoms with Crippen molar-refractivity contribution in [1.82, 2.24) is 10.2 Å². The summed E-state index contributed by atoms with van der Waals surface area (Å²) in [5.74, 6) is 0.696. The molecule has 1 saturated carbocycles. The summed E-state index contributed by atoms with van der Waals surface area (Å²) < 4.78 is 0. The number of likely N-dealkylation sites (tertiary alicyclic amines) is 1. The summed E-state index contributed by atoms with van der Waals surface area (Å²) in [6.45, 7) is 6.52. The molecule has 1 aliphatic carbocycles. The van der Waals surface area contributed by atoms with Crippen LogP contribution in [0.3, 0.4) is 0 Å². The molecule has 4 heteroatoms. The van der Waals surface area contributed by atoms with Crippen molar-refractivity contribution in [2.75, 3.05) is 18.8 Å². The molecule has 1 aliphatic heterocycles. The number of carbonyl (C=O) groups excluding carboxylic acids is 1. The van der Waals surface area contributed by atoms with Gasteiger partial charge in [0.15, 0.2) is 0 Å². The van der Waals surface area contributed by atoms with Crippen molar-refractivity contribution in [1.29, 1.82) is 0 Å². The Morgan fingerprint density at radius 1 is 1.23 bits per heavy atom. The van der Waals surface area contributed by atoms with E-state index in [0.717, 1.165) is 32.0 Å². The molecule has 1 heterocycles. The van der Waals surface area contributed by atoms with E-state index in [4.69, 9.17) is 0 Å². The predicted molar refractivity (Wildman–Crippen MR) is 92.4 cm³/mol. The minimum Gasteiger partial charge on any atom is -0.353 e. The van der Waals surface area contributed by atoms with E-state index < -0.39 is 0 Å². The van der Waals surface area contributed by atoms with Gasteiger partial charge >= 0.3 is 0 Å². The Balaban J connectivity index is 1.40. The van der Waals surface area contributed by atoms with Crippen molar-refractivity contribution in [3.63, 3.8) is 0 Å². The second-order valence-electron chi connectivity index (χ2n) is 6.67. The number of piperidine rings is 1. The molecule has 0 bridgehead atoms. The Labute approximate surface area is 137 Å². The summed E-state index contributed by atoms with van der Waals surface area (Å²) in [7, 11) is 0. The van der Waals surface area contributed by atoms with Gasteiger partial charge in [0.2, 0.25) is 5.91 Å². The molecule has 1 aromatic carbocycles. The van der Waals surface area contributed by atoms with Crippen molar-refractivity contribution in [2.24, 2.45) is 0 Å². The van der Waals surface area contributed by atoms with Crippen molar-refractivity contribution in [3.05, 3.63) is 29.3 Å². The molecule has 22 heavy (non-hydrogen) atoms. The van der Waals surface area contributed by atoms with E-state index in [9.17, 15) is 4.79 Å². The Morgan fingerprint density at radius 3 is 2.59 bits per heavy atom. The third kappa shape index (κ3) is 4.26. The maximum Gasteiger partial charge on any atom is 0.230 e. The topological polar surface area (TPSA) is 32.3 Å². The Hall–Kier alpha value is -1.00. The molecule has 0 atom stereocenters. The third-order valence-corrected chi connectivity index (χ3v) is 5.82. The van der Waals surface area contributed by atoms with Crippen LogP contribution in [0.15, 0.2) is 23.1 Å². The lowest BCUT2D eigenvalue weighted by Crippen LogP contribution is -2.45. The number of aryl methyl sites for hydroxylation is 2. The van der Waals surface area contributed by atoms with Crippen molar-refractivity contribution >= 4 is 17.7 Å². The lowest BCUT2D eigenvalue weighted by molar-refractivity contribution is -0.119. The second kappa shape index (κ2) is 7.05. The van der Waals surface area contributed by atoms with Crippen LogP contribution in [0.2, 0.25) is 0 Å². The molecule has 3 rings (SSSR count). The second-order valence-corrected chi connectivity index (χ2v) is 7.68. The van der Waals surface area contributed by atoms with Crippen LogP contribution in [0.5, 0.6) is 0 Å². The van der Waals surface area contributed by atoms with Crippen molar-refractivity contribution in [3.8, 4) is 0 Å². The molecule has 1 amide bonds. The molecule has 0 unspecified atom stereocenters. The van der Waals surface area contributed by atoms with Crippen LogP contribution in [0, 0.1) is 13.8 Å². The average Bonchev–Trinajstić information content (AvgIpc) is 3.32. The Morgan fingerprint density at radius 2 is 1.95 bits per heavy atom. The number of nitrogens with one attached hydrogen (secondary N) is 1. The van der Waals surface area contributed by atoms with Gasteiger partial charge in [0, 0.05) is 30.1 Å². The van der Waals surface area contributed by atoms with Gasteiger partial charge in [0.1, 0.15) is 0 Å². The van der Waals surface area contributed by atoms with Gasteiger partial charge < -0.3 is 10.2 Å². The van der Waals surface area contributed by atoms with E-state index in [2.05, 4.69) is 42.3 Å². The first-order chi connectivity index (χ1) is 10.6. The summed E-state index contributed by atoms with van der Waals surface area (Å²) in [5.41, 5.74) is 2.53. The van der Waals surface area contributed by atoms with Crippen LogP contribution in [0.1, 0.15) is 36.8 Å². The molecule has 120 valence electrons. The number of benzene rings is 1. The van der Waals surface area contributed by atoms with E-state index in [-0.39, 0.29) is 5.91 Å². The van der Waals surface area contributed by atoms with Gasteiger partial charge in [-0.2, -0.15) is 0 Å². The van der Waals surface area contributed by atoms with E-state index in [0.29, 0.717) is 11.8 Å². The third-order valence-electron chi connectivity index (χ3n) is 4.65. The standard InChI is InChI=1S/C18H26N2OS/c1-13-3-6-17(14(2)11-13)22-12-18(21)19-15-7-9-20(10-8-15)16-4-5-16/h3,6,11,15-16H,4-5,7-10,12H2,1-2H3,(H,19,21). The first-order valence-corrected chi connectivity index (χ1v) is 9.34. The van der Waals surface area contributed by atoms with Gasteiger partial charge in [-0.05, 0) is 51.2 Å². The Kier molecular flexibility index (Phi) is 5.09. The fraction of sp³-hybridized carbons (Fsp3) is 0.611. The smallest absolute Gasteiger partial charge is 0.230 e. The summed E-state index contributed by atoms with van der Waals surface area (Å²) in [5, 5.41) is 3.21. The number of thioether (sulfide) groups is 1. The number of amides is 1. The van der Waals surface area contributed by atoms with Crippen LogP contribution in [-0.2, 0) is 4.79 Å². The zero-order chi connectivity index (χ0) is 15.5. The highest BCUT2D eigenvalue weighted by molar-refractivity contribution is 8.00. The fourth-order valence-corrected chi connectivity index (χ4v) is 4.04. The van der Waals surface area contributed by atoms with Crippen LogP contribution >= 0.6 is 11.8 Å². The molecule has 0 aromatic heterocycles. The summed E-state index contributed by atoms with van der Waals surface area (Å²) >= 11 is 1.65. The van der Waals surface area contributed by atoms with E-state index >= 15 is 0 Å². The summed E-state index contributed by atoms with van der Waals surface area (Å²) in [6, 6.07) is 7.64. The number of rotatable bonds is 5. The quantitative estimate of drug-likeness (QED) is 0.847. The maximum absolute atomic E-state index is 12.1. The van der Waals surface area contributed by atoms with Crippen molar-refractivity contribution < 1.29 is 4.79 Å². The normalized spacial score (nSPS) is 20.1. The highest BCUT2D eigenvalue weighted by Gasteiger charge is 2.31. The summed E-state index contributed by atoms with van der Waals surface area (Å²) in [4.78, 5) is 15.9. The molecule has 2 aliphatic rings. The first-order valence-electron chi connectivity index (χ1n) is 8.35. The zero-order valence-electron chi connectivity index (χ0n) is 13.6. The van der Waals surface area contributed by atoms with Crippen LogP contribution < -0.4 is 5.32 Å². The predicted octanol–water partition coefficient (Wildman–Crippen LogP) is 3.14. The SMILES string of the molecule is Cc1ccc(SCC(=O)NC2CCN(C3CC3)CC2)c(C)c1. The molecule has 2 fully saturated rings. The van der Waals surface area contributed by atoms with E-state index in [1.54, 1.807) is 11.8 Å². The minimum absolute atomic E-state index is 0.176. The molecular formula is C18H26N2OS. The van der Waals surface area contributed by atoms with Crippen LogP contribution in [0.25, 0.3) is 0 Å². The van der Waals surface area contributed by atoms with Crippen molar-refractivity contribution in [2.45, 2.75) is 56.5 Å². The van der Waals surface area contributed by atoms with Gasteiger partial charge in [-0.1, -0.05) is 17.7 Å². The molecular weight excluding hydrogens is 292 g/mol. The average molecular weight is 318 g/mol. The molecule has 1 N–H and O–H groups in total. The number of hydrogen-bond donors (Lipinski definition) is 1. The summed E-state index contributed by atoms with van der Waals surface area (Å²) in [6.07, 6.45) is 4.97. The number of hydrogen-bond acceptors (Lipinski definition) is 3. The molecule has 1 aromatic rings. The minimum atomic E-state index is 0.176. The molecule has 1 saturated heterocycles. The van der Waals surface area contributed by atoms with Crippen LogP contribution in [-0.4, -0.2) is 41.7 Å². The molecule has 0 spiro atoms. The Bertz CT molecular complexity index is 534. The zero-order valence-corrected chi connectivity index (χ0v) is 14.4. The molecule has 3 nitrogen and oxygen atoms in total. The number of nitrogens with zero attached hydrogens (tertiary/aromatic N) is 1. The van der Waals surface area contributed by atoms with E-state index in [1.807, 2.05) is 0 Å².